The Balaban J connectivity index is 1.66. The van der Waals surface area contributed by atoms with E-state index in [1.807, 2.05) is 6.92 Å². The van der Waals surface area contributed by atoms with E-state index in [1.54, 1.807) is 24.3 Å². The number of amides is 3. The summed E-state index contributed by atoms with van der Waals surface area (Å²) >= 11 is 0. The monoisotopic (exact) mass is 392 g/mol. The third-order valence-corrected chi connectivity index (χ3v) is 5.46. The standard InChI is InChI=1S/C22H20N2O5/c1-2-3-10-23-20(26)15-9-8-13(11-16(15)21(23)27)19(25)24-12-17(22(28)29)14-6-4-5-7-18(14)24/h4-9,11,17H,2-3,10,12H2,1H3,(H,28,29). The molecular weight excluding hydrogens is 372 g/mol. The minimum Gasteiger partial charge on any atom is -0.481 e. The number of nitrogens with zero attached hydrogens (tertiary/aromatic N) is 2. The molecule has 0 bridgehead atoms. The zero-order valence-electron chi connectivity index (χ0n) is 15.9. The maximum Gasteiger partial charge on any atom is 0.312 e. The lowest BCUT2D eigenvalue weighted by Crippen LogP contribution is -2.31. The van der Waals surface area contributed by atoms with Gasteiger partial charge in [0.05, 0.1) is 11.1 Å². The molecule has 0 fully saturated rings. The topological polar surface area (TPSA) is 95.0 Å². The van der Waals surface area contributed by atoms with Crippen molar-refractivity contribution in [2.75, 3.05) is 18.0 Å². The first-order valence-electron chi connectivity index (χ1n) is 9.58. The molecule has 0 saturated carbocycles. The highest BCUT2D eigenvalue weighted by Crippen LogP contribution is 2.37. The second-order valence-electron chi connectivity index (χ2n) is 7.24. The number of hydrogen-bond acceptors (Lipinski definition) is 4. The first-order chi connectivity index (χ1) is 13.9. The van der Waals surface area contributed by atoms with Gasteiger partial charge in [0.15, 0.2) is 0 Å². The molecule has 148 valence electrons. The summed E-state index contributed by atoms with van der Waals surface area (Å²) in [4.78, 5) is 52.5. The molecule has 29 heavy (non-hydrogen) atoms. The number of benzene rings is 2. The zero-order valence-corrected chi connectivity index (χ0v) is 15.9. The Hall–Kier alpha value is -3.48. The Morgan fingerprint density at radius 1 is 1.07 bits per heavy atom. The fourth-order valence-electron chi connectivity index (χ4n) is 3.91. The Morgan fingerprint density at radius 3 is 2.52 bits per heavy atom. The van der Waals surface area contributed by atoms with Crippen molar-refractivity contribution in [3.8, 4) is 0 Å². The van der Waals surface area contributed by atoms with Crippen molar-refractivity contribution in [1.29, 1.82) is 0 Å². The smallest absolute Gasteiger partial charge is 0.312 e. The van der Waals surface area contributed by atoms with Crippen molar-refractivity contribution in [2.45, 2.75) is 25.7 Å². The predicted octanol–water partition coefficient (Wildman–Crippen LogP) is 2.91. The molecule has 2 aromatic carbocycles. The zero-order chi connectivity index (χ0) is 20.7. The highest BCUT2D eigenvalue weighted by Gasteiger charge is 2.39. The molecule has 2 aliphatic heterocycles. The second kappa shape index (κ2) is 7.16. The minimum absolute atomic E-state index is 0.0279. The molecule has 0 radical (unpaired) electrons. The molecule has 1 N–H and O–H groups in total. The van der Waals surface area contributed by atoms with Crippen LogP contribution in [0.25, 0.3) is 0 Å². The van der Waals surface area contributed by atoms with Gasteiger partial charge in [0, 0.05) is 24.3 Å². The third-order valence-electron chi connectivity index (χ3n) is 5.46. The SMILES string of the molecule is CCCCN1C(=O)c2ccc(C(=O)N3CC(C(=O)O)c4ccccc43)cc2C1=O. The number of carboxylic acids is 1. The van der Waals surface area contributed by atoms with Crippen LogP contribution in [-0.4, -0.2) is 46.8 Å². The normalized spacial score (nSPS) is 17.5. The van der Waals surface area contributed by atoms with Gasteiger partial charge in [0.1, 0.15) is 5.92 Å². The first-order valence-corrected chi connectivity index (χ1v) is 9.58. The summed E-state index contributed by atoms with van der Waals surface area (Å²) in [5.74, 6) is -2.91. The van der Waals surface area contributed by atoms with Crippen molar-refractivity contribution < 1.29 is 24.3 Å². The second-order valence-corrected chi connectivity index (χ2v) is 7.24. The minimum atomic E-state index is -0.992. The van der Waals surface area contributed by atoms with Crippen LogP contribution in [-0.2, 0) is 4.79 Å². The Morgan fingerprint density at radius 2 is 1.79 bits per heavy atom. The van der Waals surface area contributed by atoms with Crippen LogP contribution in [0.15, 0.2) is 42.5 Å². The van der Waals surface area contributed by atoms with Gasteiger partial charge in [0.25, 0.3) is 17.7 Å². The quantitative estimate of drug-likeness (QED) is 0.790. The molecule has 0 aromatic heterocycles. The van der Waals surface area contributed by atoms with Gasteiger partial charge < -0.3 is 10.0 Å². The van der Waals surface area contributed by atoms with Crippen molar-refractivity contribution in [3.63, 3.8) is 0 Å². The summed E-state index contributed by atoms with van der Waals surface area (Å²) in [6.45, 7) is 2.36. The number of carboxylic acid groups (broad SMARTS) is 1. The average Bonchev–Trinajstić information content (AvgIpc) is 3.22. The molecule has 7 nitrogen and oxygen atoms in total. The Labute approximate surface area is 167 Å². The number of unbranched alkanes of at least 4 members (excludes halogenated alkanes) is 1. The third kappa shape index (κ3) is 2.99. The van der Waals surface area contributed by atoms with Crippen LogP contribution >= 0.6 is 0 Å². The van der Waals surface area contributed by atoms with Crippen LogP contribution in [0.2, 0.25) is 0 Å². The number of aliphatic carboxylic acids is 1. The molecule has 4 rings (SSSR count). The fraction of sp³-hybridized carbons (Fsp3) is 0.273. The molecular formula is C22H20N2O5. The predicted molar refractivity (Wildman–Crippen MR) is 105 cm³/mol. The molecule has 1 atom stereocenters. The van der Waals surface area contributed by atoms with Crippen LogP contribution in [0.3, 0.4) is 0 Å². The van der Waals surface area contributed by atoms with Gasteiger partial charge in [-0.3, -0.25) is 24.1 Å². The summed E-state index contributed by atoms with van der Waals surface area (Å²) in [5.41, 5.74) is 1.92. The number of hydrogen-bond donors (Lipinski definition) is 1. The van der Waals surface area contributed by atoms with E-state index in [9.17, 15) is 24.3 Å². The number of carbonyl (C=O) groups is 4. The Kier molecular flexibility index (Phi) is 4.66. The fourth-order valence-corrected chi connectivity index (χ4v) is 3.91. The number of carbonyl (C=O) groups excluding carboxylic acids is 3. The maximum absolute atomic E-state index is 13.1. The van der Waals surface area contributed by atoms with Crippen LogP contribution in [0, 0.1) is 0 Å². The molecule has 0 saturated heterocycles. The Bertz CT molecular complexity index is 1050. The van der Waals surface area contributed by atoms with E-state index in [1.165, 1.54) is 28.0 Å². The van der Waals surface area contributed by atoms with Gasteiger partial charge >= 0.3 is 5.97 Å². The van der Waals surface area contributed by atoms with Gasteiger partial charge in [-0.05, 0) is 36.2 Å². The highest BCUT2D eigenvalue weighted by molar-refractivity contribution is 6.22. The van der Waals surface area contributed by atoms with Crippen molar-refractivity contribution in [3.05, 3.63) is 64.7 Å². The molecule has 3 amide bonds. The van der Waals surface area contributed by atoms with Crippen molar-refractivity contribution in [1.82, 2.24) is 4.90 Å². The molecule has 0 aliphatic carbocycles. The van der Waals surface area contributed by atoms with Crippen molar-refractivity contribution in [2.24, 2.45) is 0 Å². The van der Waals surface area contributed by atoms with E-state index in [0.29, 0.717) is 23.4 Å². The van der Waals surface area contributed by atoms with Crippen LogP contribution < -0.4 is 4.90 Å². The lowest BCUT2D eigenvalue weighted by atomic mass is 10.0. The van der Waals surface area contributed by atoms with Crippen LogP contribution in [0.4, 0.5) is 5.69 Å². The summed E-state index contributed by atoms with van der Waals surface area (Å²) in [6.07, 6.45) is 1.58. The van der Waals surface area contributed by atoms with E-state index < -0.39 is 23.7 Å². The molecule has 0 spiro atoms. The van der Waals surface area contributed by atoms with E-state index in [4.69, 9.17) is 0 Å². The number of fused-ring (bicyclic) bond motifs is 2. The van der Waals surface area contributed by atoms with Gasteiger partial charge in [-0.15, -0.1) is 0 Å². The van der Waals surface area contributed by atoms with E-state index in [0.717, 1.165) is 12.8 Å². The van der Waals surface area contributed by atoms with Crippen molar-refractivity contribution >= 4 is 29.4 Å². The van der Waals surface area contributed by atoms with Gasteiger partial charge in [-0.25, -0.2) is 0 Å². The molecule has 2 heterocycles. The molecule has 2 aromatic rings. The highest BCUT2D eigenvalue weighted by atomic mass is 16.4. The summed E-state index contributed by atoms with van der Waals surface area (Å²) in [7, 11) is 0. The molecule has 1 unspecified atom stereocenters. The summed E-state index contributed by atoms with van der Waals surface area (Å²) in [5, 5.41) is 9.50. The maximum atomic E-state index is 13.1. The molecule has 7 heteroatoms. The van der Waals surface area contributed by atoms with Gasteiger partial charge in [0.2, 0.25) is 0 Å². The first kappa shape index (κ1) is 18.9. The summed E-state index contributed by atoms with van der Waals surface area (Å²) in [6, 6.07) is 11.4. The summed E-state index contributed by atoms with van der Waals surface area (Å²) < 4.78 is 0. The number of anilines is 1. The average molecular weight is 392 g/mol. The van der Waals surface area contributed by atoms with E-state index in [-0.39, 0.29) is 23.6 Å². The van der Waals surface area contributed by atoms with Gasteiger partial charge in [-0.2, -0.15) is 0 Å². The van der Waals surface area contributed by atoms with E-state index in [2.05, 4.69) is 0 Å². The van der Waals surface area contributed by atoms with Crippen LogP contribution in [0.1, 0.15) is 62.3 Å². The lowest BCUT2D eigenvalue weighted by Gasteiger charge is -2.17. The van der Waals surface area contributed by atoms with E-state index >= 15 is 0 Å². The van der Waals surface area contributed by atoms with Gasteiger partial charge in [-0.1, -0.05) is 31.5 Å². The lowest BCUT2D eigenvalue weighted by molar-refractivity contribution is -0.138. The van der Waals surface area contributed by atoms with Crippen LogP contribution in [0.5, 0.6) is 0 Å². The number of para-hydroxylation sites is 1. The number of imide groups is 1. The number of rotatable bonds is 5. The molecule has 2 aliphatic rings. The largest absolute Gasteiger partial charge is 0.481 e.